The molecule has 0 radical (unpaired) electrons. The number of hydrogen-bond acceptors (Lipinski definition) is 4. The smallest absolute Gasteiger partial charge is 0.399 e. The van der Waals surface area contributed by atoms with Gasteiger partial charge in [0, 0.05) is 33.2 Å². The van der Waals surface area contributed by atoms with E-state index in [0.29, 0.717) is 37.0 Å². The first-order valence-corrected chi connectivity index (χ1v) is 13.1. The van der Waals surface area contributed by atoms with Gasteiger partial charge in [-0.1, -0.05) is 19.1 Å². The fourth-order valence-electron chi connectivity index (χ4n) is 4.30. The molecule has 0 spiro atoms. The van der Waals surface area contributed by atoms with Crippen LogP contribution in [0, 0.1) is 40.8 Å². The molecule has 1 heterocycles. The summed E-state index contributed by atoms with van der Waals surface area (Å²) in [5.41, 5.74) is -0.903. The zero-order valence-electron chi connectivity index (χ0n) is 23.3. The number of halogens is 11. The Balaban J connectivity index is 0.000000210. The molecule has 1 aliphatic rings. The van der Waals surface area contributed by atoms with Crippen molar-refractivity contribution in [3.8, 4) is 33.8 Å². The molecule has 4 aromatic rings. The Morgan fingerprint density at radius 3 is 1.65 bits per heavy atom. The minimum Gasteiger partial charge on any atom is -0.399 e. The van der Waals surface area contributed by atoms with E-state index in [4.69, 9.17) is 9.47 Å². The first-order valence-electron chi connectivity index (χ1n) is 13.1. The molecule has 0 bridgehead atoms. The van der Waals surface area contributed by atoms with Gasteiger partial charge in [0.05, 0.1) is 18.8 Å². The molecule has 246 valence electrons. The van der Waals surface area contributed by atoms with E-state index in [1.807, 2.05) is 6.92 Å². The number of benzene rings is 4. The van der Waals surface area contributed by atoms with Gasteiger partial charge in [0.2, 0.25) is 5.75 Å². The predicted octanol–water partition coefficient (Wildman–Crippen LogP) is 9.85. The lowest BCUT2D eigenvalue weighted by atomic mass is 10.0. The van der Waals surface area contributed by atoms with Gasteiger partial charge < -0.3 is 14.2 Å². The van der Waals surface area contributed by atoms with Crippen LogP contribution >= 0.6 is 0 Å². The molecule has 0 amide bonds. The van der Waals surface area contributed by atoms with E-state index in [0.717, 1.165) is 24.3 Å². The van der Waals surface area contributed by atoms with E-state index in [-0.39, 0.29) is 22.6 Å². The standard InChI is InChI=1S/C18H16F4O2.C13H5F7O2/c1-10-8-23-18(24-9-10)11-2-3-13(15(20)4-11)12-5-16(21)14(7-19)17(22)6-12;14-9-5-7(22-20)1-2-8(9)6-3-10(15)12(11(16)4-6)21-13(17,18)19/h2-6,10,18H,7-9H2,1H3;1-5H. The Labute approximate surface area is 253 Å². The van der Waals surface area contributed by atoms with Gasteiger partial charge in [-0.15, -0.1) is 13.2 Å². The third kappa shape index (κ3) is 8.26. The molecule has 46 heavy (non-hydrogen) atoms. The van der Waals surface area contributed by atoms with Gasteiger partial charge >= 0.3 is 6.36 Å². The van der Waals surface area contributed by atoms with Crippen molar-refractivity contribution in [3.05, 3.63) is 107 Å². The van der Waals surface area contributed by atoms with Crippen LogP contribution in [0.15, 0.2) is 60.7 Å². The summed E-state index contributed by atoms with van der Waals surface area (Å²) in [6.07, 6.45) is -5.94. The van der Waals surface area contributed by atoms with Crippen LogP contribution in [0.4, 0.5) is 48.4 Å². The molecule has 1 saturated heterocycles. The maximum absolute atomic E-state index is 14.4. The van der Waals surface area contributed by atoms with Gasteiger partial charge in [-0.3, -0.25) is 4.94 Å². The SMILES string of the molecule is CC1COC(c2ccc(-c3cc(F)c(CF)c(F)c3)c(F)c2)OC1.FOc1ccc(-c2cc(F)c(OC(F)(F)F)c(F)c2)c(F)c1. The summed E-state index contributed by atoms with van der Waals surface area (Å²) >= 11 is 0. The number of alkyl halides is 4. The monoisotopic (exact) mass is 666 g/mol. The van der Waals surface area contributed by atoms with Gasteiger partial charge in [-0.05, 0) is 53.6 Å². The van der Waals surface area contributed by atoms with E-state index in [2.05, 4.69) is 9.68 Å². The average molecular weight is 666 g/mol. The Bertz CT molecular complexity index is 1640. The topological polar surface area (TPSA) is 36.9 Å². The minimum absolute atomic E-state index is 0.00496. The summed E-state index contributed by atoms with van der Waals surface area (Å²) in [4.78, 5) is 3.27. The van der Waals surface area contributed by atoms with Gasteiger partial charge in [-0.2, -0.15) is 0 Å². The summed E-state index contributed by atoms with van der Waals surface area (Å²) in [5, 5.41) is 0. The largest absolute Gasteiger partial charge is 0.573 e. The predicted molar refractivity (Wildman–Crippen MR) is 141 cm³/mol. The number of rotatable bonds is 6. The normalized spacial score (nSPS) is 16.4. The maximum atomic E-state index is 14.4. The number of ether oxygens (including phenoxy) is 3. The second kappa shape index (κ2) is 14.4. The highest BCUT2D eigenvalue weighted by Crippen LogP contribution is 2.35. The molecule has 0 N–H and O–H groups in total. The summed E-state index contributed by atoms with van der Waals surface area (Å²) < 4.78 is 157. The van der Waals surface area contributed by atoms with Crippen molar-refractivity contribution in [1.82, 2.24) is 0 Å². The summed E-state index contributed by atoms with van der Waals surface area (Å²) in [6.45, 7) is 1.74. The van der Waals surface area contributed by atoms with E-state index in [1.165, 1.54) is 12.1 Å². The van der Waals surface area contributed by atoms with E-state index < -0.39 is 76.9 Å². The molecule has 4 aromatic carbocycles. The summed E-state index contributed by atoms with van der Waals surface area (Å²) in [7, 11) is 0. The molecule has 0 atom stereocenters. The lowest BCUT2D eigenvalue weighted by Gasteiger charge is -2.27. The molecule has 1 aliphatic heterocycles. The van der Waals surface area contributed by atoms with E-state index in [1.54, 1.807) is 6.07 Å². The molecule has 5 rings (SSSR count). The fourth-order valence-corrected chi connectivity index (χ4v) is 4.30. The average Bonchev–Trinajstić information content (AvgIpc) is 2.99. The third-order valence-electron chi connectivity index (χ3n) is 6.47. The Hall–Kier alpha value is -4.37. The van der Waals surface area contributed by atoms with Crippen molar-refractivity contribution in [2.24, 2.45) is 5.92 Å². The summed E-state index contributed by atoms with van der Waals surface area (Å²) in [5.74, 6) is -9.03. The second-order valence-corrected chi connectivity index (χ2v) is 9.93. The third-order valence-corrected chi connectivity index (χ3v) is 6.47. The van der Waals surface area contributed by atoms with Crippen LogP contribution in [0.1, 0.15) is 24.3 Å². The van der Waals surface area contributed by atoms with Crippen molar-refractivity contribution in [3.63, 3.8) is 0 Å². The Morgan fingerprint density at radius 2 is 1.20 bits per heavy atom. The Kier molecular flexibility index (Phi) is 10.8. The zero-order valence-corrected chi connectivity index (χ0v) is 23.3. The van der Waals surface area contributed by atoms with Gasteiger partial charge in [-0.25, -0.2) is 30.7 Å². The minimum atomic E-state index is -5.28. The molecule has 1 fully saturated rings. The van der Waals surface area contributed by atoms with Crippen LogP contribution in [-0.4, -0.2) is 19.6 Å². The lowest BCUT2D eigenvalue weighted by molar-refractivity contribution is -0.276. The zero-order chi connectivity index (χ0) is 33.8. The molecule has 0 aromatic heterocycles. The van der Waals surface area contributed by atoms with Crippen LogP contribution in [0.3, 0.4) is 0 Å². The first kappa shape index (κ1) is 34.5. The molecule has 0 saturated carbocycles. The quantitative estimate of drug-likeness (QED) is 0.192. The highest BCUT2D eigenvalue weighted by Gasteiger charge is 2.34. The highest BCUT2D eigenvalue weighted by atomic mass is 19.4. The van der Waals surface area contributed by atoms with Crippen LogP contribution in [0.2, 0.25) is 0 Å². The summed E-state index contributed by atoms with van der Waals surface area (Å²) in [6, 6.07) is 9.47. The maximum Gasteiger partial charge on any atom is 0.573 e. The van der Waals surface area contributed by atoms with E-state index >= 15 is 0 Å². The molecular formula is C31H21F11O4. The van der Waals surface area contributed by atoms with Crippen LogP contribution in [0.5, 0.6) is 11.5 Å². The molecule has 0 unspecified atom stereocenters. The van der Waals surface area contributed by atoms with Crippen LogP contribution in [0.25, 0.3) is 22.3 Å². The van der Waals surface area contributed by atoms with Crippen molar-refractivity contribution in [2.45, 2.75) is 26.3 Å². The van der Waals surface area contributed by atoms with E-state index in [9.17, 15) is 48.4 Å². The van der Waals surface area contributed by atoms with Crippen LogP contribution in [-0.2, 0) is 16.1 Å². The van der Waals surface area contributed by atoms with Gasteiger partial charge in [0.1, 0.15) is 29.9 Å². The van der Waals surface area contributed by atoms with Crippen molar-refractivity contribution in [1.29, 1.82) is 0 Å². The van der Waals surface area contributed by atoms with Crippen LogP contribution < -0.4 is 9.68 Å². The van der Waals surface area contributed by atoms with Crippen molar-refractivity contribution < 1.29 is 67.6 Å². The molecule has 15 heteroatoms. The molecular weight excluding hydrogens is 645 g/mol. The fraction of sp³-hybridized carbons (Fsp3) is 0.226. The second-order valence-electron chi connectivity index (χ2n) is 9.93. The molecule has 0 aliphatic carbocycles. The van der Waals surface area contributed by atoms with Gasteiger partial charge in [0.15, 0.2) is 23.7 Å². The van der Waals surface area contributed by atoms with Gasteiger partial charge in [0.25, 0.3) is 0 Å². The van der Waals surface area contributed by atoms with Crippen molar-refractivity contribution >= 4 is 0 Å². The van der Waals surface area contributed by atoms with Crippen molar-refractivity contribution in [2.75, 3.05) is 13.2 Å². The first-order chi connectivity index (χ1) is 21.7. The number of hydrogen-bond donors (Lipinski definition) is 0. The lowest BCUT2D eigenvalue weighted by Crippen LogP contribution is -2.25. The molecule has 4 nitrogen and oxygen atoms in total. The highest BCUT2D eigenvalue weighted by molar-refractivity contribution is 5.67. The Morgan fingerprint density at radius 1 is 0.696 bits per heavy atom.